The summed E-state index contributed by atoms with van der Waals surface area (Å²) >= 11 is 3.55. The van der Waals surface area contributed by atoms with Gasteiger partial charge in [0, 0.05) is 10.0 Å². The van der Waals surface area contributed by atoms with Gasteiger partial charge >= 0.3 is 0 Å². The van der Waals surface area contributed by atoms with E-state index in [0.717, 1.165) is 16.8 Å². The van der Waals surface area contributed by atoms with Crippen LogP contribution in [0.15, 0.2) is 46.9 Å². The van der Waals surface area contributed by atoms with Crippen molar-refractivity contribution in [3.63, 3.8) is 0 Å². The number of aryl methyl sites for hydroxylation is 1. The minimum Gasteiger partial charge on any atom is -0.496 e. The maximum atomic E-state index is 5.53. The predicted molar refractivity (Wildman–Crippen MR) is 87.4 cm³/mol. The maximum Gasteiger partial charge on any atom is 0.123 e. The molecule has 0 radical (unpaired) electrons. The summed E-state index contributed by atoms with van der Waals surface area (Å²) < 4.78 is 6.62. The maximum absolute atomic E-state index is 5.53. The van der Waals surface area contributed by atoms with Crippen LogP contribution in [0.5, 0.6) is 5.75 Å². The summed E-state index contributed by atoms with van der Waals surface area (Å²) in [6.07, 6.45) is 0. The lowest BCUT2D eigenvalue weighted by atomic mass is 9.96. The predicted octanol–water partition coefficient (Wildman–Crippen LogP) is 4.47. The number of ether oxygens (including phenoxy) is 1. The summed E-state index contributed by atoms with van der Waals surface area (Å²) in [7, 11) is 1.72. The van der Waals surface area contributed by atoms with Crippen LogP contribution in [0.1, 0.15) is 29.7 Å². The molecule has 0 aliphatic carbocycles. The average Bonchev–Trinajstić information content (AvgIpc) is 2.44. The normalized spacial score (nSPS) is 12.2. The van der Waals surface area contributed by atoms with Gasteiger partial charge in [0.1, 0.15) is 5.75 Å². The van der Waals surface area contributed by atoms with Crippen LogP contribution in [0.4, 0.5) is 0 Å². The van der Waals surface area contributed by atoms with E-state index in [4.69, 9.17) is 4.74 Å². The first-order valence-corrected chi connectivity index (χ1v) is 7.58. The summed E-state index contributed by atoms with van der Waals surface area (Å²) in [5, 5.41) is 3.54. The van der Waals surface area contributed by atoms with Crippen molar-refractivity contribution < 1.29 is 4.74 Å². The molecular formula is C17H20BrNO. The molecule has 0 heterocycles. The van der Waals surface area contributed by atoms with E-state index in [-0.39, 0.29) is 6.04 Å². The molecule has 0 bridgehead atoms. The fraction of sp³-hybridized carbons (Fsp3) is 0.294. The molecule has 1 unspecified atom stereocenters. The van der Waals surface area contributed by atoms with Crippen molar-refractivity contribution in [1.82, 2.24) is 5.32 Å². The van der Waals surface area contributed by atoms with E-state index in [1.54, 1.807) is 7.11 Å². The third-order valence-electron chi connectivity index (χ3n) is 3.29. The molecule has 2 aromatic rings. The van der Waals surface area contributed by atoms with Crippen LogP contribution in [0.3, 0.4) is 0 Å². The molecular weight excluding hydrogens is 314 g/mol. The van der Waals surface area contributed by atoms with E-state index < -0.39 is 0 Å². The quantitative estimate of drug-likeness (QED) is 0.871. The molecule has 2 rings (SSSR count). The number of rotatable bonds is 5. The van der Waals surface area contributed by atoms with E-state index in [1.165, 1.54) is 16.7 Å². The number of nitrogens with one attached hydrogen (secondary N) is 1. The zero-order chi connectivity index (χ0) is 14.5. The van der Waals surface area contributed by atoms with Gasteiger partial charge in [0.15, 0.2) is 0 Å². The van der Waals surface area contributed by atoms with Crippen LogP contribution >= 0.6 is 15.9 Å². The lowest BCUT2D eigenvalue weighted by Crippen LogP contribution is -2.22. The third-order valence-corrected chi connectivity index (χ3v) is 3.78. The van der Waals surface area contributed by atoms with Gasteiger partial charge in [-0.25, -0.2) is 0 Å². The second-order valence-corrected chi connectivity index (χ2v) is 5.71. The largest absolute Gasteiger partial charge is 0.496 e. The molecule has 2 aromatic carbocycles. The molecule has 3 heteroatoms. The Labute approximate surface area is 129 Å². The number of methoxy groups -OCH3 is 1. The van der Waals surface area contributed by atoms with Gasteiger partial charge in [0.05, 0.1) is 13.2 Å². The van der Waals surface area contributed by atoms with Gasteiger partial charge in [-0.3, -0.25) is 0 Å². The Morgan fingerprint density at radius 3 is 2.65 bits per heavy atom. The highest BCUT2D eigenvalue weighted by atomic mass is 79.9. The lowest BCUT2D eigenvalue weighted by molar-refractivity contribution is 0.404. The molecule has 0 saturated carbocycles. The molecule has 1 atom stereocenters. The number of hydrogen-bond acceptors (Lipinski definition) is 2. The van der Waals surface area contributed by atoms with Gasteiger partial charge in [-0.15, -0.1) is 0 Å². The van der Waals surface area contributed by atoms with Crippen molar-refractivity contribution in [3.05, 3.63) is 63.6 Å². The summed E-state index contributed by atoms with van der Waals surface area (Å²) in [6.45, 7) is 5.12. The fourth-order valence-corrected chi connectivity index (χ4v) is 2.79. The first-order chi connectivity index (χ1) is 9.65. The molecule has 106 valence electrons. The Kier molecular flexibility index (Phi) is 5.21. The summed E-state index contributed by atoms with van der Waals surface area (Å²) in [4.78, 5) is 0. The summed E-state index contributed by atoms with van der Waals surface area (Å²) in [5.41, 5.74) is 3.64. The van der Waals surface area contributed by atoms with Crippen LogP contribution < -0.4 is 10.1 Å². The van der Waals surface area contributed by atoms with Gasteiger partial charge in [-0.2, -0.15) is 0 Å². The minimum atomic E-state index is 0.132. The number of halogens is 1. The Bertz CT molecular complexity index is 583. The van der Waals surface area contributed by atoms with E-state index in [1.807, 2.05) is 12.1 Å². The lowest BCUT2D eigenvalue weighted by Gasteiger charge is -2.22. The van der Waals surface area contributed by atoms with E-state index in [0.29, 0.717) is 0 Å². The van der Waals surface area contributed by atoms with Gasteiger partial charge in [0.25, 0.3) is 0 Å². The molecule has 0 saturated heterocycles. The second kappa shape index (κ2) is 6.91. The van der Waals surface area contributed by atoms with Crippen molar-refractivity contribution in [3.8, 4) is 5.75 Å². The highest BCUT2D eigenvalue weighted by Gasteiger charge is 2.17. The standard InChI is InChI=1S/C17H20BrNO/c1-4-19-17(13-6-5-7-14(18)11-13)15-10-12(2)8-9-16(15)20-3/h5-11,17,19H,4H2,1-3H3. The van der Waals surface area contributed by atoms with E-state index >= 15 is 0 Å². The smallest absolute Gasteiger partial charge is 0.123 e. The minimum absolute atomic E-state index is 0.132. The van der Waals surface area contributed by atoms with Crippen LogP contribution in [-0.2, 0) is 0 Å². The Hall–Kier alpha value is -1.32. The Morgan fingerprint density at radius 1 is 1.20 bits per heavy atom. The van der Waals surface area contributed by atoms with Crippen molar-refractivity contribution in [2.75, 3.05) is 13.7 Å². The van der Waals surface area contributed by atoms with E-state index in [2.05, 4.69) is 65.4 Å². The van der Waals surface area contributed by atoms with Crippen LogP contribution in [0.25, 0.3) is 0 Å². The molecule has 2 nitrogen and oxygen atoms in total. The SMILES string of the molecule is CCNC(c1cccc(Br)c1)c1cc(C)ccc1OC. The van der Waals surface area contributed by atoms with Crippen molar-refractivity contribution >= 4 is 15.9 Å². The van der Waals surface area contributed by atoms with Crippen LogP contribution in [0.2, 0.25) is 0 Å². The Morgan fingerprint density at radius 2 is 2.00 bits per heavy atom. The van der Waals surface area contributed by atoms with Crippen molar-refractivity contribution in [2.24, 2.45) is 0 Å². The molecule has 0 spiro atoms. The van der Waals surface area contributed by atoms with Gasteiger partial charge < -0.3 is 10.1 Å². The monoisotopic (exact) mass is 333 g/mol. The first kappa shape index (κ1) is 15.1. The Balaban J connectivity index is 2.50. The molecule has 0 aromatic heterocycles. The van der Waals surface area contributed by atoms with Crippen molar-refractivity contribution in [2.45, 2.75) is 19.9 Å². The highest BCUT2D eigenvalue weighted by Crippen LogP contribution is 2.31. The molecule has 0 aliphatic rings. The molecule has 1 N–H and O–H groups in total. The molecule has 0 fully saturated rings. The van der Waals surface area contributed by atoms with Gasteiger partial charge in [0.2, 0.25) is 0 Å². The zero-order valence-corrected chi connectivity index (χ0v) is 13.7. The molecule has 0 aliphatic heterocycles. The van der Waals surface area contributed by atoms with Crippen molar-refractivity contribution in [1.29, 1.82) is 0 Å². The topological polar surface area (TPSA) is 21.3 Å². The number of benzene rings is 2. The molecule has 20 heavy (non-hydrogen) atoms. The first-order valence-electron chi connectivity index (χ1n) is 6.79. The second-order valence-electron chi connectivity index (χ2n) is 4.79. The van der Waals surface area contributed by atoms with Crippen LogP contribution in [-0.4, -0.2) is 13.7 Å². The number of hydrogen-bond donors (Lipinski definition) is 1. The zero-order valence-electron chi connectivity index (χ0n) is 12.1. The summed E-state index contributed by atoms with van der Waals surface area (Å²) in [5.74, 6) is 0.918. The summed E-state index contributed by atoms with van der Waals surface area (Å²) in [6, 6.07) is 14.8. The fourth-order valence-electron chi connectivity index (χ4n) is 2.38. The average molecular weight is 334 g/mol. The van der Waals surface area contributed by atoms with Gasteiger partial charge in [-0.1, -0.05) is 52.7 Å². The van der Waals surface area contributed by atoms with Gasteiger partial charge in [-0.05, 0) is 37.2 Å². The molecule has 0 amide bonds. The highest BCUT2D eigenvalue weighted by molar-refractivity contribution is 9.10. The van der Waals surface area contributed by atoms with Crippen LogP contribution in [0, 0.1) is 6.92 Å². The van der Waals surface area contributed by atoms with E-state index in [9.17, 15) is 0 Å². The third kappa shape index (κ3) is 3.41.